The minimum absolute atomic E-state index is 0.272. The van der Waals surface area contributed by atoms with E-state index >= 15 is 0 Å². The summed E-state index contributed by atoms with van der Waals surface area (Å²) in [4.78, 5) is 11.7. The van der Waals surface area contributed by atoms with Crippen LogP contribution >= 0.6 is 0 Å². The number of rotatable bonds is 4. The van der Waals surface area contributed by atoms with Gasteiger partial charge in [-0.15, -0.1) is 0 Å². The summed E-state index contributed by atoms with van der Waals surface area (Å²) in [7, 11) is 0. The van der Waals surface area contributed by atoms with Gasteiger partial charge in [-0.2, -0.15) is 0 Å². The Kier molecular flexibility index (Phi) is 4.59. The van der Waals surface area contributed by atoms with Crippen LogP contribution in [0.3, 0.4) is 0 Å². The van der Waals surface area contributed by atoms with Gasteiger partial charge in [-0.1, -0.05) is 6.42 Å². The zero-order valence-corrected chi connectivity index (χ0v) is 10.5. The van der Waals surface area contributed by atoms with Gasteiger partial charge in [-0.25, -0.2) is 4.79 Å². The molecule has 0 aromatic heterocycles. The molecule has 1 unspecified atom stereocenters. The Hall–Kier alpha value is -1.55. The van der Waals surface area contributed by atoms with Crippen LogP contribution < -0.4 is 11.1 Å². The molecule has 0 amide bonds. The summed E-state index contributed by atoms with van der Waals surface area (Å²) in [5, 5.41) is 3.43. The predicted octanol–water partition coefficient (Wildman–Crippen LogP) is 1.96. The lowest BCUT2D eigenvalue weighted by Gasteiger charge is -2.23. The third kappa shape index (κ3) is 3.74. The Balaban J connectivity index is 1.72. The molecule has 1 fully saturated rings. The molecule has 1 heterocycles. The molecule has 0 spiro atoms. The van der Waals surface area contributed by atoms with Gasteiger partial charge in [0.15, 0.2) is 0 Å². The topological polar surface area (TPSA) is 64.4 Å². The normalized spacial score (nSPS) is 19.4. The van der Waals surface area contributed by atoms with E-state index in [-0.39, 0.29) is 5.97 Å². The van der Waals surface area contributed by atoms with Gasteiger partial charge >= 0.3 is 5.97 Å². The quantitative estimate of drug-likeness (QED) is 0.631. The number of nitrogen functional groups attached to an aromatic ring is 1. The molecule has 2 rings (SSSR count). The summed E-state index contributed by atoms with van der Waals surface area (Å²) in [5.41, 5.74) is 6.77. The molecule has 1 aliphatic rings. The van der Waals surface area contributed by atoms with Crippen molar-refractivity contribution in [3.8, 4) is 0 Å². The first-order chi connectivity index (χ1) is 8.75. The summed E-state index contributed by atoms with van der Waals surface area (Å²) in [5.74, 6) is -0.272. The van der Waals surface area contributed by atoms with Crippen molar-refractivity contribution in [1.29, 1.82) is 0 Å². The van der Waals surface area contributed by atoms with Gasteiger partial charge in [-0.3, -0.25) is 0 Å². The molecule has 0 bridgehead atoms. The van der Waals surface area contributed by atoms with E-state index in [0.29, 0.717) is 23.9 Å². The van der Waals surface area contributed by atoms with Gasteiger partial charge in [0.25, 0.3) is 0 Å². The van der Waals surface area contributed by atoms with Crippen molar-refractivity contribution in [3.63, 3.8) is 0 Å². The lowest BCUT2D eigenvalue weighted by atomic mass is 10.0. The van der Waals surface area contributed by atoms with E-state index in [9.17, 15) is 4.79 Å². The van der Waals surface area contributed by atoms with Crippen molar-refractivity contribution in [3.05, 3.63) is 29.8 Å². The first kappa shape index (κ1) is 12.9. The molecule has 1 aromatic rings. The Morgan fingerprint density at radius 2 is 2.11 bits per heavy atom. The van der Waals surface area contributed by atoms with Crippen molar-refractivity contribution in [2.45, 2.75) is 31.7 Å². The fraction of sp³-hybridized carbons (Fsp3) is 0.500. The highest BCUT2D eigenvalue weighted by atomic mass is 16.5. The fourth-order valence-corrected chi connectivity index (χ4v) is 2.17. The SMILES string of the molecule is Nc1ccc(C(=O)OCCC2CCCCN2)cc1. The van der Waals surface area contributed by atoms with E-state index < -0.39 is 0 Å². The molecular weight excluding hydrogens is 228 g/mol. The van der Waals surface area contributed by atoms with Crippen LogP contribution in [0.15, 0.2) is 24.3 Å². The number of piperidine rings is 1. The minimum atomic E-state index is -0.272. The number of benzene rings is 1. The minimum Gasteiger partial charge on any atom is -0.462 e. The second-order valence-corrected chi connectivity index (χ2v) is 4.69. The third-order valence-electron chi connectivity index (χ3n) is 3.26. The Labute approximate surface area is 108 Å². The third-order valence-corrected chi connectivity index (χ3v) is 3.26. The second-order valence-electron chi connectivity index (χ2n) is 4.69. The number of hydrogen-bond donors (Lipinski definition) is 2. The molecule has 18 heavy (non-hydrogen) atoms. The largest absolute Gasteiger partial charge is 0.462 e. The Morgan fingerprint density at radius 3 is 2.78 bits per heavy atom. The summed E-state index contributed by atoms with van der Waals surface area (Å²) >= 11 is 0. The van der Waals surface area contributed by atoms with Gasteiger partial charge in [0.05, 0.1) is 12.2 Å². The average Bonchev–Trinajstić information content (AvgIpc) is 2.40. The van der Waals surface area contributed by atoms with Crippen molar-refractivity contribution >= 4 is 11.7 Å². The number of nitrogens with one attached hydrogen (secondary N) is 1. The van der Waals surface area contributed by atoms with Gasteiger partial charge in [-0.05, 0) is 50.1 Å². The lowest BCUT2D eigenvalue weighted by molar-refractivity contribution is 0.0486. The van der Waals surface area contributed by atoms with Crippen LogP contribution in [0.25, 0.3) is 0 Å². The molecule has 98 valence electrons. The molecule has 0 aliphatic carbocycles. The number of ether oxygens (including phenoxy) is 1. The first-order valence-electron chi connectivity index (χ1n) is 6.52. The van der Waals surface area contributed by atoms with E-state index in [1.165, 1.54) is 19.3 Å². The van der Waals surface area contributed by atoms with Crippen molar-refractivity contribution < 1.29 is 9.53 Å². The number of carbonyl (C=O) groups excluding carboxylic acids is 1. The van der Waals surface area contributed by atoms with Crippen LogP contribution in [0.2, 0.25) is 0 Å². The zero-order valence-electron chi connectivity index (χ0n) is 10.5. The Bertz CT molecular complexity index is 383. The van der Waals surface area contributed by atoms with Crippen LogP contribution in [0.4, 0.5) is 5.69 Å². The molecular formula is C14H20N2O2. The molecule has 4 heteroatoms. The number of esters is 1. The Morgan fingerprint density at radius 1 is 1.33 bits per heavy atom. The standard InChI is InChI=1S/C14H20N2O2/c15-12-6-4-11(5-7-12)14(17)18-10-8-13-3-1-2-9-16-13/h4-7,13,16H,1-3,8-10,15H2. The number of anilines is 1. The molecule has 0 radical (unpaired) electrons. The van der Waals surface area contributed by atoms with E-state index in [1.54, 1.807) is 24.3 Å². The molecule has 1 aliphatic heterocycles. The van der Waals surface area contributed by atoms with Crippen LogP contribution in [-0.2, 0) is 4.74 Å². The van der Waals surface area contributed by atoms with Crippen LogP contribution in [0.5, 0.6) is 0 Å². The fourth-order valence-electron chi connectivity index (χ4n) is 2.17. The number of carbonyl (C=O) groups is 1. The van der Waals surface area contributed by atoms with E-state index in [4.69, 9.17) is 10.5 Å². The van der Waals surface area contributed by atoms with E-state index in [1.807, 2.05) is 0 Å². The van der Waals surface area contributed by atoms with Crippen molar-refractivity contribution in [1.82, 2.24) is 5.32 Å². The molecule has 1 aromatic carbocycles. The van der Waals surface area contributed by atoms with E-state index in [0.717, 1.165) is 13.0 Å². The maximum atomic E-state index is 11.7. The average molecular weight is 248 g/mol. The van der Waals surface area contributed by atoms with Crippen LogP contribution in [0, 0.1) is 0 Å². The van der Waals surface area contributed by atoms with E-state index in [2.05, 4.69) is 5.32 Å². The lowest BCUT2D eigenvalue weighted by Crippen LogP contribution is -2.35. The summed E-state index contributed by atoms with van der Waals surface area (Å²) in [6.45, 7) is 1.55. The van der Waals surface area contributed by atoms with Crippen LogP contribution in [0.1, 0.15) is 36.0 Å². The highest BCUT2D eigenvalue weighted by Gasteiger charge is 2.13. The predicted molar refractivity (Wildman–Crippen MR) is 71.4 cm³/mol. The smallest absolute Gasteiger partial charge is 0.338 e. The maximum Gasteiger partial charge on any atom is 0.338 e. The summed E-state index contributed by atoms with van der Waals surface area (Å²) in [6.07, 6.45) is 4.59. The highest BCUT2D eigenvalue weighted by molar-refractivity contribution is 5.89. The van der Waals surface area contributed by atoms with Gasteiger partial charge in [0.2, 0.25) is 0 Å². The second kappa shape index (κ2) is 6.40. The molecule has 1 saturated heterocycles. The molecule has 1 atom stereocenters. The monoisotopic (exact) mass is 248 g/mol. The number of nitrogens with two attached hydrogens (primary N) is 1. The summed E-state index contributed by atoms with van der Waals surface area (Å²) in [6, 6.07) is 7.30. The summed E-state index contributed by atoms with van der Waals surface area (Å²) < 4.78 is 5.25. The maximum absolute atomic E-state index is 11.7. The molecule has 3 N–H and O–H groups in total. The van der Waals surface area contributed by atoms with Gasteiger partial charge in [0, 0.05) is 11.7 Å². The molecule has 0 saturated carbocycles. The van der Waals surface area contributed by atoms with Gasteiger partial charge < -0.3 is 15.8 Å². The molecule has 4 nitrogen and oxygen atoms in total. The van der Waals surface area contributed by atoms with Crippen molar-refractivity contribution in [2.24, 2.45) is 0 Å². The van der Waals surface area contributed by atoms with Gasteiger partial charge in [0.1, 0.15) is 0 Å². The highest BCUT2D eigenvalue weighted by Crippen LogP contribution is 2.11. The van der Waals surface area contributed by atoms with Crippen molar-refractivity contribution in [2.75, 3.05) is 18.9 Å². The number of hydrogen-bond acceptors (Lipinski definition) is 4. The zero-order chi connectivity index (χ0) is 12.8. The first-order valence-corrected chi connectivity index (χ1v) is 6.52. The van der Waals surface area contributed by atoms with Crippen LogP contribution in [-0.4, -0.2) is 25.2 Å².